The molecule has 2 rings (SSSR count). The first-order valence-electron chi connectivity index (χ1n) is 3.97. The highest BCUT2D eigenvalue weighted by molar-refractivity contribution is 7.07. The van der Waals surface area contributed by atoms with Gasteiger partial charge in [0, 0.05) is 11.1 Å². The van der Waals surface area contributed by atoms with Crippen LogP contribution in [0.4, 0.5) is 0 Å². The van der Waals surface area contributed by atoms with E-state index in [0.717, 1.165) is 11.1 Å². The van der Waals surface area contributed by atoms with Crippen LogP contribution in [0.3, 0.4) is 0 Å². The maximum Gasteiger partial charge on any atom is 0.0611 e. The first-order chi connectivity index (χ1) is 6.45. The van der Waals surface area contributed by atoms with Gasteiger partial charge in [-0.15, -0.1) is 11.3 Å². The van der Waals surface area contributed by atoms with Gasteiger partial charge in [-0.1, -0.05) is 30.0 Å². The minimum absolute atomic E-state index is 0.967. The fraction of sp³-hybridized carbons (Fsp3) is 0. The molecule has 2 aromatic rings. The molecule has 0 unspecified atom stereocenters. The third-order valence-electron chi connectivity index (χ3n) is 1.59. The molecule has 0 aliphatic rings. The minimum Gasteiger partial charge on any atom is -0.142 e. The molecule has 1 aromatic heterocycles. The predicted molar refractivity (Wildman–Crippen MR) is 55.6 cm³/mol. The fourth-order valence-corrected chi connectivity index (χ4v) is 1.48. The van der Waals surface area contributed by atoms with Crippen molar-refractivity contribution in [2.45, 2.75) is 0 Å². The summed E-state index contributed by atoms with van der Waals surface area (Å²) in [6, 6.07) is 11.9. The van der Waals surface area contributed by atoms with Crippen LogP contribution in [-0.2, 0) is 0 Å². The smallest absolute Gasteiger partial charge is 0.0611 e. The molecule has 61 valence electrons. The van der Waals surface area contributed by atoms with Crippen LogP contribution in [0.5, 0.6) is 0 Å². The molecule has 13 heavy (non-hydrogen) atoms. The van der Waals surface area contributed by atoms with Crippen LogP contribution >= 0.6 is 11.3 Å². The second-order valence-corrected chi connectivity index (χ2v) is 3.26. The molecule has 0 saturated heterocycles. The second kappa shape index (κ2) is 3.93. The Morgan fingerprint density at radius 1 is 1.00 bits per heavy atom. The van der Waals surface area contributed by atoms with E-state index in [4.69, 9.17) is 0 Å². The first-order valence-corrected chi connectivity index (χ1v) is 4.85. The van der Waals surface area contributed by atoms with Crippen molar-refractivity contribution in [3.05, 3.63) is 58.3 Å². The highest BCUT2D eigenvalue weighted by Crippen LogP contribution is 2.03. The van der Waals surface area contributed by atoms with Crippen molar-refractivity contribution in [3.8, 4) is 11.8 Å². The number of hydrogen-bond acceptors (Lipinski definition) is 1. The molecule has 0 bridgehead atoms. The Balaban J connectivity index is 2.23. The lowest BCUT2D eigenvalue weighted by Gasteiger charge is -1.85. The van der Waals surface area contributed by atoms with Gasteiger partial charge < -0.3 is 0 Å². The van der Waals surface area contributed by atoms with E-state index in [1.165, 1.54) is 0 Å². The van der Waals surface area contributed by atoms with Crippen LogP contribution in [0.1, 0.15) is 11.1 Å². The molecule has 0 aliphatic heterocycles. The molecule has 0 nitrogen and oxygen atoms in total. The Hall–Kier alpha value is -1.52. The summed E-state index contributed by atoms with van der Waals surface area (Å²) in [4.78, 5) is 0. The summed E-state index contributed by atoms with van der Waals surface area (Å²) >= 11 is 1.55. The van der Waals surface area contributed by atoms with E-state index in [0.29, 0.717) is 0 Å². The molecule has 0 N–H and O–H groups in total. The summed E-state index contributed by atoms with van der Waals surface area (Å²) < 4.78 is 0. The maximum atomic E-state index is 3.08. The average Bonchev–Trinajstić information content (AvgIpc) is 2.69. The van der Waals surface area contributed by atoms with Crippen molar-refractivity contribution >= 4 is 11.3 Å². The largest absolute Gasteiger partial charge is 0.142 e. The summed E-state index contributed by atoms with van der Waals surface area (Å²) in [6.45, 7) is 0. The van der Waals surface area contributed by atoms with Gasteiger partial charge in [-0.05, 0) is 23.6 Å². The molecule has 1 heterocycles. The molecule has 0 atom stereocenters. The van der Waals surface area contributed by atoms with Crippen molar-refractivity contribution in [3.63, 3.8) is 0 Å². The lowest BCUT2D eigenvalue weighted by molar-refractivity contribution is 1.65. The van der Waals surface area contributed by atoms with E-state index < -0.39 is 0 Å². The summed E-state index contributed by atoms with van der Waals surface area (Å²) in [6.07, 6.45) is 0. The van der Waals surface area contributed by atoms with Gasteiger partial charge in [-0.3, -0.25) is 0 Å². The monoisotopic (exact) mass is 183 g/mol. The van der Waals surface area contributed by atoms with E-state index in [1.54, 1.807) is 11.3 Å². The van der Waals surface area contributed by atoms with Crippen LogP contribution in [0.2, 0.25) is 0 Å². The van der Waals surface area contributed by atoms with Gasteiger partial charge in [0.15, 0.2) is 0 Å². The molecule has 0 saturated carbocycles. The van der Waals surface area contributed by atoms with Crippen LogP contribution in [0.15, 0.2) is 41.8 Å². The molecule has 1 radical (unpaired) electrons. The molecule has 0 fully saturated rings. The average molecular weight is 183 g/mol. The topological polar surface area (TPSA) is 0 Å². The van der Waals surface area contributed by atoms with Gasteiger partial charge in [0.25, 0.3) is 0 Å². The Morgan fingerprint density at radius 3 is 2.54 bits per heavy atom. The molecule has 0 amide bonds. The van der Waals surface area contributed by atoms with Crippen LogP contribution in [0.25, 0.3) is 0 Å². The van der Waals surface area contributed by atoms with Crippen molar-refractivity contribution in [2.75, 3.05) is 0 Å². The van der Waals surface area contributed by atoms with Crippen LogP contribution in [0, 0.1) is 17.2 Å². The van der Waals surface area contributed by atoms with E-state index in [9.17, 15) is 0 Å². The van der Waals surface area contributed by atoms with E-state index in [2.05, 4.69) is 17.2 Å². The molecule has 1 heteroatoms. The lowest BCUT2D eigenvalue weighted by atomic mass is 10.2. The summed E-state index contributed by atoms with van der Waals surface area (Å²) in [5.41, 5.74) is 2.01. The van der Waals surface area contributed by atoms with Gasteiger partial charge in [0.1, 0.15) is 0 Å². The Bertz CT molecular complexity index is 415. The standard InChI is InChI=1S/C12H7S/c1-2-4-11(5-3-1)6-7-12-8-9-13-10-12/h1-5,8-9H. The number of thiophene rings is 1. The summed E-state index contributed by atoms with van der Waals surface area (Å²) in [7, 11) is 0. The molecular formula is C12H7S. The lowest BCUT2D eigenvalue weighted by Crippen LogP contribution is -1.71. The Kier molecular flexibility index (Phi) is 2.45. The minimum atomic E-state index is 0.967. The van der Waals surface area contributed by atoms with Gasteiger partial charge in [-0.2, -0.15) is 0 Å². The van der Waals surface area contributed by atoms with E-state index >= 15 is 0 Å². The summed E-state index contributed by atoms with van der Waals surface area (Å²) in [5, 5.41) is 5.06. The van der Waals surface area contributed by atoms with Crippen molar-refractivity contribution in [2.24, 2.45) is 0 Å². The number of hydrogen-bond donors (Lipinski definition) is 0. The maximum absolute atomic E-state index is 3.08. The highest BCUT2D eigenvalue weighted by atomic mass is 32.1. The first kappa shape index (κ1) is 8.10. The van der Waals surface area contributed by atoms with Crippen molar-refractivity contribution in [1.82, 2.24) is 0 Å². The van der Waals surface area contributed by atoms with Crippen molar-refractivity contribution < 1.29 is 0 Å². The zero-order valence-corrected chi connectivity index (χ0v) is 7.77. The van der Waals surface area contributed by atoms with Gasteiger partial charge >= 0.3 is 0 Å². The Labute approximate surface area is 81.9 Å². The molecule has 1 aromatic carbocycles. The fourth-order valence-electron chi connectivity index (χ4n) is 0.962. The predicted octanol–water partition coefficient (Wildman–Crippen LogP) is 2.95. The third-order valence-corrected chi connectivity index (χ3v) is 2.20. The van der Waals surface area contributed by atoms with Crippen LogP contribution in [-0.4, -0.2) is 0 Å². The van der Waals surface area contributed by atoms with Crippen LogP contribution < -0.4 is 0 Å². The SMILES string of the molecule is C(#Cc1ccccc1)c1[c]scc1. The normalized spacial score (nSPS) is 8.92. The zero-order valence-electron chi connectivity index (χ0n) is 6.95. The molecular weight excluding hydrogens is 176 g/mol. The van der Waals surface area contributed by atoms with Gasteiger partial charge in [0.2, 0.25) is 0 Å². The second-order valence-electron chi connectivity index (χ2n) is 2.55. The third kappa shape index (κ3) is 2.21. The van der Waals surface area contributed by atoms with Gasteiger partial charge in [0.05, 0.1) is 5.38 Å². The zero-order chi connectivity index (χ0) is 8.93. The van der Waals surface area contributed by atoms with E-state index in [-0.39, 0.29) is 0 Å². The highest BCUT2D eigenvalue weighted by Gasteiger charge is 1.85. The Morgan fingerprint density at radius 2 is 1.85 bits per heavy atom. The number of benzene rings is 1. The number of rotatable bonds is 0. The molecule has 0 aliphatic carbocycles. The quantitative estimate of drug-likeness (QED) is 0.551. The summed E-state index contributed by atoms with van der Waals surface area (Å²) in [5.74, 6) is 6.12. The van der Waals surface area contributed by atoms with Crippen molar-refractivity contribution in [1.29, 1.82) is 0 Å². The van der Waals surface area contributed by atoms with Gasteiger partial charge in [-0.25, -0.2) is 0 Å². The van der Waals surface area contributed by atoms with E-state index in [1.807, 2.05) is 41.8 Å². The molecule has 0 spiro atoms.